The predicted molar refractivity (Wildman–Crippen MR) is 92.5 cm³/mol. The minimum Gasteiger partial charge on any atom is -0.326 e. The number of nitrogens with two attached hydrogens (primary N) is 1. The molecule has 0 radical (unpaired) electrons. The van der Waals surface area contributed by atoms with E-state index in [0.29, 0.717) is 5.25 Å². The molecule has 1 aromatic carbocycles. The van der Waals surface area contributed by atoms with E-state index < -0.39 is 0 Å². The van der Waals surface area contributed by atoms with Gasteiger partial charge < -0.3 is 5.73 Å². The van der Waals surface area contributed by atoms with Gasteiger partial charge in [-0.25, -0.2) is 0 Å². The quantitative estimate of drug-likeness (QED) is 0.805. The molecule has 1 nitrogen and oxygen atoms in total. The van der Waals surface area contributed by atoms with E-state index in [-0.39, 0.29) is 6.04 Å². The second kappa shape index (κ2) is 7.30. The lowest BCUT2D eigenvalue weighted by molar-refractivity contribution is 0.640. The summed E-state index contributed by atoms with van der Waals surface area (Å²) < 4.78 is 0. The van der Waals surface area contributed by atoms with Crippen molar-refractivity contribution in [2.45, 2.75) is 44.2 Å². The van der Waals surface area contributed by atoms with E-state index in [2.05, 4.69) is 57.2 Å². The molecule has 20 heavy (non-hydrogen) atoms. The first-order chi connectivity index (χ1) is 9.61. The third-order valence-electron chi connectivity index (χ3n) is 3.58. The van der Waals surface area contributed by atoms with Crippen LogP contribution in [0.2, 0.25) is 0 Å². The molecule has 3 heteroatoms. The van der Waals surface area contributed by atoms with Gasteiger partial charge in [-0.3, -0.25) is 0 Å². The number of hydrogen-bond acceptors (Lipinski definition) is 3. The lowest BCUT2D eigenvalue weighted by atomic mass is 10.1. The fourth-order valence-corrected chi connectivity index (χ4v) is 4.84. The van der Waals surface area contributed by atoms with Gasteiger partial charge in [0.15, 0.2) is 0 Å². The topological polar surface area (TPSA) is 26.0 Å². The third-order valence-corrected chi connectivity index (χ3v) is 6.25. The minimum atomic E-state index is 0.224. The largest absolute Gasteiger partial charge is 0.326 e. The van der Waals surface area contributed by atoms with Crippen molar-refractivity contribution in [3.63, 3.8) is 0 Å². The Balaban J connectivity index is 2.11. The van der Waals surface area contributed by atoms with Gasteiger partial charge >= 0.3 is 0 Å². The lowest BCUT2D eigenvalue weighted by Gasteiger charge is -2.22. The van der Waals surface area contributed by atoms with Gasteiger partial charge in [-0.15, -0.1) is 23.1 Å². The van der Waals surface area contributed by atoms with Crippen LogP contribution in [0.1, 0.15) is 39.5 Å². The van der Waals surface area contributed by atoms with Crippen LogP contribution in [0.3, 0.4) is 0 Å². The second-order valence-corrected chi connectivity index (χ2v) is 7.63. The summed E-state index contributed by atoms with van der Waals surface area (Å²) in [5, 5.41) is 0.401. The molecule has 0 spiro atoms. The fourth-order valence-electron chi connectivity index (χ4n) is 2.19. The van der Waals surface area contributed by atoms with E-state index in [1.807, 2.05) is 23.1 Å². The minimum absolute atomic E-state index is 0.224. The molecule has 0 saturated heterocycles. The van der Waals surface area contributed by atoms with Crippen LogP contribution in [0.4, 0.5) is 0 Å². The summed E-state index contributed by atoms with van der Waals surface area (Å²) in [6.07, 6.45) is 1.02. The maximum Gasteiger partial charge on any atom is 0.0545 e. The highest BCUT2D eigenvalue weighted by molar-refractivity contribution is 7.98. The van der Waals surface area contributed by atoms with Crippen molar-refractivity contribution in [1.29, 1.82) is 0 Å². The zero-order valence-electron chi connectivity index (χ0n) is 12.4. The van der Waals surface area contributed by atoms with Gasteiger partial charge in [0, 0.05) is 21.5 Å². The highest BCUT2D eigenvalue weighted by Gasteiger charge is 2.20. The standard InChI is InChI=1S/C17H23NS2/c1-4-15(18)17(16-10-9-13(3)20-16)19-11-14-8-6-5-7-12(14)2/h5-10,15,17H,4,11,18H2,1-3H3. The maximum atomic E-state index is 6.35. The summed E-state index contributed by atoms with van der Waals surface area (Å²) in [6, 6.07) is 13.3. The number of thiophene rings is 1. The Kier molecular flexibility index (Phi) is 5.70. The zero-order chi connectivity index (χ0) is 14.5. The summed E-state index contributed by atoms with van der Waals surface area (Å²) in [7, 11) is 0. The normalized spacial score (nSPS) is 14.2. The Morgan fingerprint density at radius 1 is 1.15 bits per heavy atom. The van der Waals surface area contributed by atoms with Gasteiger partial charge in [0.05, 0.1) is 5.25 Å². The molecule has 0 aliphatic carbocycles. The smallest absolute Gasteiger partial charge is 0.0545 e. The summed E-state index contributed by atoms with van der Waals surface area (Å²) in [6.45, 7) is 6.51. The van der Waals surface area contributed by atoms with Crippen LogP contribution in [0, 0.1) is 13.8 Å². The second-order valence-electron chi connectivity index (χ2n) is 5.18. The van der Waals surface area contributed by atoms with E-state index in [4.69, 9.17) is 5.73 Å². The van der Waals surface area contributed by atoms with Crippen LogP contribution in [0.5, 0.6) is 0 Å². The molecule has 108 valence electrons. The van der Waals surface area contributed by atoms with Gasteiger partial charge in [0.25, 0.3) is 0 Å². The molecule has 1 aromatic heterocycles. The van der Waals surface area contributed by atoms with E-state index in [1.54, 1.807) is 0 Å². The third kappa shape index (κ3) is 3.87. The molecule has 2 N–H and O–H groups in total. The Labute approximate surface area is 130 Å². The Bertz CT molecular complexity index is 547. The molecule has 0 aliphatic rings. The first kappa shape index (κ1) is 15.6. The van der Waals surface area contributed by atoms with Crippen molar-refractivity contribution in [2.75, 3.05) is 0 Å². The molecular weight excluding hydrogens is 282 g/mol. The lowest BCUT2D eigenvalue weighted by Crippen LogP contribution is -2.25. The van der Waals surface area contributed by atoms with Crippen molar-refractivity contribution in [3.05, 3.63) is 57.3 Å². The van der Waals surface area contributed by atoms with Crippen LogP contribution >= 0.6 is 23.1 Å². The Morgan fingerprint density at radius 2 is 1.90 bits per heavy atom. The zero-order valence-corrected chi connectivity index (χ0v) is 14.1. The van der Waals surface area contributed by atoms with Gasteiger partial charge in [0.2, 0.25) is 0 Å². The van der Waals surface area contributed by atoms with Gasteiger partial charge in [-0.1, -0.05) is 31.2 Å². The van der Waals surface area contributed by atoms with Crippen LogP contribution in [0.15, 0.2) is 36.4 Å². The van der Waals surface area contributed by atoms with E-state index >= 15 is 0 Å². The molecule has 2 aromatic rings. The monoisotopic (exact) mass is 305 g/mol. The molecule has 0 saturated carbocycles. The fraction of sp³-hybridized carbons (Fsp3) is 0.412. The summed E-state index contributed by atoms with van der Waals surface area (Å²) in [4.78, 5) is 2.78. The molecule has 0 aliphatic heterocycles. The molecule has 2 rings (SSSR count). The Morgan fingerprint density at radius 3 is 2.50 bits per heavy atom. The van der Waals surface area contributed by atoms with Crippen LogP contribution < -0.4 is 5.73 Å². The predicted octanol–water partition coefficient (Wildman–Crippen LogP) is 5.08. The van der Waals surface area contributed by atoms with Crippen molar-refractivity contribution >= 4 is 23.1 Å². The molecule has 0 fully saturated rings. The van der Waals surface area contributed by atoms with Crippen molar-refractivity contribution in [1.82, 2.24) is 0 Å². The van der Waals surface area contributed by atoms with E-state index in [0.717, 1.165) is 12.2 Å². The van der Waals surface area contributed by atoms with E-state index in [1.165, 1.54) is 20.9 Å². The number of thioether (sulfide) groups is 1. The van der Waals surface area contributed by atoms with Crippen LogP contribution in [0.25, 0.3) is 0 Å². The molecule has 0 amide bonds. The number of hydrogen-bond donors (Lipinski definition) is 1. The van der Waals surface area contributed by atoms with Gasteiger partial charge in [-0.2, -0.15) is 0 Å². The van der Waals surface area contributed by atoms with Crippen LogP contribution in [-0.2, 0) is 5.75 Å². The average Bonchev–Trinajstić information content (AvgIpc) is 2.87. The number of aryl methyl sites for hydroxylation is 2. The maximum absolute atomic E-state index is 6.35. The van der Waals surface area contributed by atoms with Crippen molar-refractivity contribution < 1.29 is 0 Å². The molecule has 2 atom stereocenters. The van der Waals surface area contributed by atoms with Crippen LogP contribution in [-0.4, -0.2) is 6.04 Å². The first-order valence-corrected chi connectivity index (χ1v) is 8.96. The molecular formula is C17H23NS2. The summed E-state index contributed by atoms with van der Waals surface area (Å²) in [5.74, 6) is 1.03. The summed E-state index contributed by atoms with van der Waals surface area (Å²) in [5.41, 5.74) is 9.13. The highest BCUT2D eigenvalue weighted by atomic mass is 32.2. The van der Waals surface area contributed by atoms with Crippen molar-refractivity contribution in [3.8, 4) is 0 Å². The summed E-state index contributed by atoms with van der Waals surface area (Å²) >= 11 is 3.85. The number of rotatable bonds is 6. The van der Waals surface area contributed by atoms with Gasteiger partial charge in [-0.05, 0) is 43.5 Å². The first-order valence-electron chi connectivity index (χ1n) is 7.09. The molecule has 2 unspecified atom stereocenters. The SMILES string of the molecule is CCC(N)C(SCc1ccccc1C)c1ccc(C)s1. The highest BCUT2D eigenvalue weighted by Crippen LogP contribution is 2.38. The Hall–Kier alpha value is -0.770. The van der Waals surface area contributed by atoms with Gasteiger partial charge in [0.1, 0.15) is 0 Å². The van der Waals surface area contributed by atoms with Crippen molar-refractivity contribution in [2.24, 2.45) is 5.73 Å². The molecule has 1 heterocycles. The average molecular weight is 306 g/mol. The number of benzene rings is 1. The van der Waals surface area contributed by atoms with E-state index in [9.17, 15) is 0 Å². The molecule has 0 bridgehead atoms.